The summed E-state index contributed by atoms with van der Waals surface area (Å²) in [5.41, 5.74) is 6.62. The minimum absolute atomic E-state index is 0.190. The Morgan fingerprint density at radius 3 is 3.11 bits per heavy atom. The molecule has 2 saturated heterocycles. The van der Waals surface area contributed by atoms with E-state index in [1.807, 2.05) is 0 Å². The number of nitrogens with two attached hydrogens (primary N) is 1. The van der Waals surface area contributed by atoms with Crippen LogP contribution in [-0.4, -0.2) is 30.4 Å². The molecule has 3 atom stereocenters. The first-order valence-electron chi connectivity index (χ1n) is 6.77. The van der Waals surface area contributed by atoms with Gasteiger partial charge in [-0.2, -0.15) is 0 Å². The Balaban J connectivity index is 1.76. The van der Waals surface area contributed by atoms with Crippen LogP contribution in [0.2, 0.25) is 0 Å². The highest BCUT2D eigenvalue weighted by atomic mass is 19.1. The molecule has 0 aliphatic carbocycles. The van der Waals surface area contributed by atoms with Gasteiger partial charge >= 0.3 is 0 Å². The summed E-state index contributed by atoms with van der Waals surface area (Å²) < 4.78 is 25.1. The van der Waals surface area contributed by atoms with Crippen molar-refractivity contribution in [3.63, 3.8) is 0 Å². The van der Waals surface area contributed by atoms with Gasteiger partial charge in [-0.1, -0.05) is 0 Å². The van der Waals surface area contributed by atoms with Crippen LogP contribution in [-0.2, 0) is 9.47 Å². The Labute approximate surface area is 112 Å². The van der Waals surface area contributed by atoms with Gasteiger partial charge in [-0.15, -0.1) is 0 Å². The fourth-order valence-electron chi connectivity index (χ4n) is 3.15. The average Bonchev–Trinajstić information content (AvgIpc) is 2.86. The molecule has 0 aromatic carbocycles. The number of hydrogen-bond acceptors (Lipinski definition) is 4. The average molecular weight is 266 g/mol. The summed E-state index contributed by atoms with van der Waals surface area (Å²) in [4.78, 5) is 3.77. The van der Waals surface area contributed by atoms with Gasteiger partial charge in [0.05, 0.1) is 18.4 Å². The number of rotatable bonds is 2. The normalized spacial score (nSPS) is 32.6. The van der Waals surface area contributed by atoms with Gasteiger partial charge < -0.3 is 15.2 Å². The lowest BCUT2D eigenvalue weighted by Gasteiger charge is -2.39. The van der Waals surface area contributed by atoms with Crippen molar-refractivity contribution in [3.05, 3.63) is 29.8 Å². The minimum atomic E-state index is -0.321. The third-order valence-corrected chi connectivity index (χ3v) is 4.27. The summed E-state index contributed by atoms with van der Waals surface area (Å²) in [6, 6.07) is 1.37. The molecule has 0 bridgehead atoms. The Hall–Kier alpha value is -1.04. The van der Waals surface area contributed by atoms with E-state index in [4.69, 9.17) is 15.2 Å². The summed E-state index contributed by atoms with van der Waals surface area (Å²) in [6.45, 7) is 2.05. The molecule has 0 saturated carbocycles. The van der Waals surface area contributed by atoms with Crippen LogP contribution in [0.4, 0.5) is 4.39 Å². The monoisotopic (exact) mass is 266 g/mol. The number of hydrogen-bond donors (Lipinski definition) is 1. The molecule has 2 aliphatic heterocycles. The molecular weight excluding hydrogens is 247 g/mol. The maximum atomic E-state index is 13.8. The second kappa shape index (κ2) is 5.15. The van der Waals surface area contributed by atoms with Crippen molar-refractivity contribution >= 4 is 0 Å². The molecule has 1 aromatic rings. The van der Waals surface area contributed by atoms with E-state index in [1.54, 1.807) is 12.3 Å². The fourth-order valence-corrected chi connectivity index (χ4v) is 3.15. The molecule has 3 heterocycles. The quantitative estimate of drug-likeness (QED) is 0.887. The zero-order chi connectivity index (χ0) is 13.3. The predicted octanol–water partition coefficient (Wildman–Crippen LogP) is 1.81. The lowest BCUT2D eigenvalue weighted by Crippen LogP contribution is -2.43. The van der Waals surface area contributed by atoms with Gasteiger partial charge in [0, 0.05) is 37.4 Å². The summed E-state index contributed by atoms with van der Waals surface area (Å²) in [6.07, 6.45) is 5.44. The Morgan fingerprint density at radius 2 is 2.37 bits per heavy atom. The number of halogens is 1. The van der Waals surface area contributed by atoms with Crippen molar-refractivity contribution in [2.75, 3.05) is 19.8 Å². The van der Waals surface area contributed by atoms with Crippen LogP contribution in [0.3, 0.4) is 0 Å². The second-order valence-corrected chi connectivity index (χ2v) is 5.51. The Bertz CT molecular complexity index is 449. The molecule has 3 rings (SSSR count). The van der Waals surface area contributed by atoms with E-state index in [2.05, 4.69) is 4.98 Å². The predicted molar refractivity (Wildman–Crippen MR) is 68.0 cm³/mol. The highest BCUT2D eigenvalue weighted by Crippen LogP contribution is 2.40. The summed E-state index contributed by atoms with van der Waals surface area (Å²) >= 11 is 0. The van der Waals surface area contributed by atoms with Gasteiger partial charge in [-0.25, -0.2) is 4.39 Å². The van der Waals surface area contributed by atoms with E-state index in [-0.39, 0.29) is 23.4 Å². The number of ether oxygens (including phenoxy) is 2. The molecule has 104 valence electrons. The van der Waals surface area contributed by atoms with Crippen LogP contribution < -0.4 is 5.73 Å². The topological polar surface area (TPSA) is 57.4 Å². The van der Waals surface area contributed by atoms with Gasteiger partial charge in [0.25, 0.3) is 0 Å². The first kappa shape index (κ1) is 13.0. The van der Waals surface area contributed by atoms with Crippen molar-refractivity contribution < 1.29 is 13.9 Å². The Morgan fingerprint density at radius 1 is 1.47 bits per heavy atom. The lowest BCUT2D eigenvalue weighted by atomic mass is 9.79. The summed E-state index contributed by atoms with van der Waals surface area (Å²) in [7, 11) is 0. The third kappa shape index (κ3) is 2.50. The van der Waals surface area contributed by atoms with Gasteiger partial charge in [-0.05, 0) is 24.8 Å². The second-order valence-electron chi connectivity index (χ2n) is 5.51. The highest BCUT2D eigenvalue weighted by molar-refractivity contribution is 5.18. The highest BCUT2D eigenvalue weighted by Gasteiger charge is 2.42. The van der Waals surface area contributed by atoms with Gasteiger partial charge in [0.15, 0.2) is 0 Å². The molecular formula is C14H19FN2O2. The van der Waals surface area contributed by atoms with Gasteiger partial charge in [-0.3, -0.25) is 4.98 Å². The van der Waals surface area contributed by atoms with Gasteiger partial charge in [0.1, 0.15) is 5.82 Å². The molecule has 2 N–H and O–H groups in total. The van der Waals surface area contributed by atoms with Crippen LogP contribution in [0.1, 0.15) is 30.9 Å². The van der Waals surface area contributed by atoms with Crippen molar-refractivity contribution in [1.29, 1.82) is 0 Å². The zero-order valence-corrected chi connectivity index (χ0v) is 10.8. The first-order valence-corrected chi connectivity index (χ1v) is 6.77. The standard InChI is InChI=1S/C14H19FN2O2/c15-12-8-17-4-1-11(12)13(16)10-2-5-19-14(7-10)3-6-18-9-14/h1,4,8,10,13H,2-3,5-7,9,16H2. The van der Waals surface area contributed by atoms with E-state index >= 15 is 0 Å². The van der Waals surface area contributed by atoms with E-state index in [0.29, 0.717) is 18.8 Å². The van der Waals surface area contributed by atoms with E-state index in [1.165, 1.54) is 6.20 Å². The van der Waals surface area contributed by atoms with Gasteiger partial charge in [0.2, 0.25) is 0 Å². The molecule has 0 amide bonds. The van der Waals surface area contributed by atoms with E-state index in [0.717, 1.165) is 25.9 Å². The minimum Gasteiger partial charge on any atom is -0.378 e. The summed E-state index contributed by atoms with van der Waals surface area (Å²) in [5.74, 6) is -0.0921. The number of nitrogens with zero attached hydrogens (tertiary/aromatic N) is 1. The van der Waals surface area contributed by atoms with Crippen LogP contribution in [0.5, 0.6) is 0 Å². The third-order valence-electron chi connectivity index (χ3n) is 4.27. The molecule has 4 nitrogen and oxygen atoms in total. The maximum absolute atomic E-state index is 13.8. The van der Waals surface area contributed by atoms with Crippen molar-refractivity contribution in [2.24, 2.45) is 11.7 Å². The number of pyridine rings is 1. The molecule has 5 heteroatoms. The van der Waals surface area contributed by atoms with E-state index < -0.39 is 0 Å². The van der Waals surface area contributed by atoms with Crippen molar-refractivity contribution in [2.45, 2.75) is 30.9 Å². The van der Waals surface area contributed by atoms with Crippen LogP contribution in [0, 0.1) is 11.7 Å². The smallest absolute Gasteiger partial charge is 0.146 e. The molecule has 0 radical (unpaired) electrons. The van der Waals surface area contributed by atoms with Crippen LogP contribution >= 0.6 is 0 Å². The van der Waals surface area contributed by atoms with Crippen molar-refractivity contribution in [3.8, 4) is 0 Å². The van der Waals surface area contributed by atoms with Crippen LogP contribution in [0.15, 0.2) is 18.5 Å². The molecule has 1 spiro atoms. The maximum Gasteiger partial charge on any atom is 0.146 e. The first-order chi connectivity index (χ1) is 9.20. The summed E-state index contributed by atoms with van der Waals surface area (Å²) in [5, 5.41) is 0. The lowest BCUT2D eigenvalue weighted by molar-refractivity contribution is -0.101. The Kier molecular flexibility index (Phi) is 3.52. The molecule has 2 fully saturated rings. The largest absolute Gasteiger partial charge is 0.378 e. The fraction of sp³-hybridized carbons (Fsp3) is 0.643. The molecule has 3 unspecified atom stereocenters. The van der Waals surface area contributed by atoms with Crippen LogP contribution in [0.25, 0.3) is 0 Å². The van der Waals surface area contributed by atoms with Crippen molar-refractivity contribution in [1.82, 2.24) is 4.98 Å². The molecule has 1 aromatic heterocycles. The number of aromatic nitrogens is 1. The zero-order valence-electron chi connectivity index (χ0n) is 10.8. The molecule has 19 heavy (non-hydrogen) atoms. The molecule has 2 aliphatic rings. The van der Waals surface area contributed by atoms with E-state index in [9.17, 15) is 4.39 Å². The SMILES string of the molecule is NC(c1ccncc1F)C1CCOC2(CCOC2)C1.